The highest BCUT2D eigenvalue weighted by Crippen LogP contribution is 2.00. The number of ketones is 1. The van der Waals surface area contributed by atoms with Gasteiger partial charge in [-0.1, -0.05) is 13.8 Å². The van der Waals surface area contributed by atoms with Gasteiger partial charge >= 0.3 is 5.97 Å². The highest BCUT2D eigenvalue weighted by molar-refractivity contribution is 7.81. The van der Waals surface area contributed by atoms with E-state index in [2.05, 4.69) is 23.3 Å². The first kappa shape index (κ1) is 20.4. The van der Waals surface area contributed by atoms with Gasteiger partial charge in [0.1, 0.15) is 6.04 Å². The zero-order valence-electron chi connectivity index (χ0n) is 12.8. The standard InChI is InChI=1S/C13H23N3O5S/c1-6(2)11(14)13(21)15-7(3)12(20)16-8(4-10(18)19)9(17)5-22/h6-8,11,22H,4-5,14H2,1-3H3,(H,15,21)(H,16,20)(H,18,19)/t7-,8-,11-/m0/s1. The van der Waals surface area contributed by atoms with Crippen molar-refractivity contribution in [3.8, 4) is 0 Å². The molecule has 0 spiro atoms. The fourth-order valence-electron chi connectivity index (χ4n) is 1.50. The van der Waals surface area contributed by atoms with Crippen LogP contribution in [0.2, 0.25) is 0 Å². The van der Waals surface area contributed by atoms with Crippen molar-refractivity contribution in [1.29, 1.82) is 0 Å². The highest BCUT2D eigenvalue weighted by Gasteiger charge is 2.27. The number of carbonyl (C=O) groups is 4. The van der Waals surface area contributed by atoms with E-state index in [1.165, 1.54) is 6.92 Å². The van der Waals surface area contributed by atoms with Crippen LogP contribution in [0.1, 0.15) is 27.2 Å². The number of amides is 2. The summed E-state index contributed by atoms with van der Waals surface area (Å²) < 4.78 is 0. The minimum Gasteiger partial charge on any atom is -0.481 e. The van der Waals surface area contributed by atoms with Gasteiger partial charge in [-0.25, -0.2) is 0 Å². The number of carboxylic acid groups (broad SMARTS) is 1. The zero-order chi connectivity index (χ0) is 17.4. The van der Waals surface area contributed by atoms with E-state index in [1.807, 2.05) is 0 Å². The van der Waals surface area contributed by atoms with Crippen LogP contribution in [0, 0.1) is 5.92 Å². The van der Waals surface area contributed by atoms with Crippen molar-refractivity contribution in [3.05, 3.63) is 0 Å². The van der Waals surface area contributed by atoms with Crippen molar-refractivity contribution in [2.45, 2.75) is 45.3 Å². The maximum absolute atomic E-state index is 11.9. The smallest absolute Gasteiger partial charge is 0.305 e. The van der Waals surface area contributed by atoms with Crippen molar-refractivity contribution < 1.29 is 24.3 Å². The fourth-order valence-corrected chi connectivity index (χ4v) is 1.73. The minimum absolute atomic E-state index is 0.0965. The molecule has 0 saturated carbocycles. The number of carboxylic acids is 1. The van der Waals surface area contributed by atoms with Crippen LogP contribution < -0.4 is 16.4 Å². The van der Waals surface area contributed by atoms with E-state index in [-0.39, 0.29) is 11.7 Å². The molecule has 0 aromatic rings. The molecule has 0 radical (unpaired) electrons. The molecule has 0 heterocycles. The number of Topliss-reactive ketones (excluding diaryl/α,β-unsaturated/α-hetero) is 1. The van der Waals surface area contributed by atoms with Crippen LogP contribution in [-0.4, -0.2) is 52.6 Å². The van der Waals surface area contributed by atoms with Crippen LogP contribution >= 0.6 is 12.6 Å². The van der Waals surface area contributed by atoms with E-state index in [4.69, 9.17) is 10.8 Å². The first-order chi connectivity index (χ1) is 10.1. The van der Waals surface area contributed by atoms with Crippen molar-refractivity contribution in [2.75, 3.05) is 5.75 Å². The van der Waals surface area contributed by atoms with Crippen LogP contribution in [-0.2, 0) is 19.2 Å². The van der Waals surface area contributed by atoms with Gasteiger partial charge in [-0.15, -0.1) is 0 Å². The molecular weight excluding hydrogens is 310 g/mol. The van der Waals surface area contributed by atoms with Gasteiger partial charge in [-0.2, -0.15) is 12.6 Å². The Balaban J connectivity index is 4.69. The lowest BCUT2D eigenvalue weighted by Gasteiger charge is -2.21. The normalized spacial score (nSPS) is 14.8. The maximum atomic E-state index is 11.9. The molecule has 0 aliphatic carbocycles. The Bertz CT molecular complexity index is 441. The Morgan fingerprint density at radius 3 is 2.05 bits per heavy atom. The van der Waals surface area contributed by atoms with Gasteiger partial charge in [-0.05, 0) is 12.8 Å². The summed E-state index contributed by atoms with van der Waals surface area (Å²) in [5.74, 6) is -3.19. The molecule has 2 amide bonds. The van der Waals surface area contributed by atoms with Gasteiger partial charge in [0.25, 0.3) is 0 Å². The molecule has 22 heavy (non-hydrogen) atoms. The summed E-state index contributed by atoms with van der Waals surface area (Å²) in [6.45, 7) is 4.95. The largest absolute Gasteiger partial charge is 0.481 e. The topological polar surface area (TPSA) is 139 Å². The number of hydrogen-bond acceptors (Lipinski definition) is 6. The lowest BCUT2D eigenvalue weighted by atomic mass is 10.0. The first-order valence-corrected chi connectivity index (χ1v) is 7.45. The molecule has 3 atom stereocenters. The van der Waals surface area contributed by atoms with E-state index < -0.39 is 48.1 Å². The van der Waals surface area contributed by atoms with Crippen LogP contribution in [0.25, 0.3) is 0 Å². The lowest BCUT2D eigenvalue weighted by molar-refractivity contribution is -0.140. The first-order valence-electron chi connectivity index (χ1n) is 6.81. The van der Waals surface area contributed by atoms with Crippen LogP contribution in [0.3, 0.4) is 0 Å². The van der Waals surface area contributed by atoms with E-state index in [9.17, 15) is 19.2 Å². The summed E-state index contributed by atoms with van der Waals surface area (Å²) in [5.41, 5.74) is 5.66. The summed E-state index contributed by atoms with van der Waals surface area (Å²) in [6.07, 6.45) is -0.544. The SMILES string of the molecule is CC(C)[C@H](N)C(=O)N[C@@H](C)C(=O)N[C@@H](CC(=O)O)C(=O)CS. The molecule has 0 aliphatic rings. The van der Waals surface area contributed by atoms with E-state index >= 15 is 0 Å². The van der Waals surface area contributed by atoms with E-state index in [1.54, 1.807) is 13.8 Å². The highest BCUT2D eigenvalue weighted by atomic mass is 32.1. The second kappa shape index (κ2) is 9.42. The predicted octanol–water partition coefficient (Wildman–Crippen LogP) is -1.07. The maximum Gasteiger partial charge on any atom is 0.305 e. The number of thiol groups is 1. The van der Waals surface area contributed by atoms with Crippen LogP contribution in [0.4, 0.5) is 0 Å². The van der Waals surface area contributed by atoms with E-state index in [0.29, 0.717) is 0 Å². The Labute approximate surface area is 134 Å². The van der Waals surface area contributed by atoms with Gasteiger partial charge in [0.15, 0.2) is 5.78 Å². The number of aliphatic carboxylic acids is 1. The number of hydrogen-bond donors (Lipinski definition) is 5. The summed E-state index contributed by atoms with van der Waals surface area (Å²) in [6, 6.07) is -2.88. The Kier molecular flexibility index (Phi) is 8.73. The summed E-state index contributed by atoms with van der Waals surface area (Å²) in [4.78, 5) is 46.0. The third kappa shape index (κ3) is 6.90. The fraction of sp³-hybridized carbons (Fsp3) is 0.692. The Morgan fingerprint density at radius 1 is 1.09 bits per heavy atom. The zero-order valence-corrected chi connectivity index (χ0v) is 13.7. The molecule has 0 saturated heterocycles. The third-order valence-corrected chi connectivity index (χ3v) is 3.32. The molecule has 0 aliphatic heterocycles. The molecule has 0 bridgehead atoms. The van der Waals surface area contributed by atoms with Gasteiger partial charge < -0.3 is 21.5 Å². The van der Waals surface area contributed by atoms with Crippen LogP contribution in [0.15, 0.2) is 0 Å². The number of nitrogens with one attached hydrogen (secondary N) is 2. The molecule has 5 N–H and O–H groups in total. The lowest BCUT2D eigenvalue weighted by Crippen LogP contribution is -2.54. The third-order valence-electron chi connectivity index (χ3n) is 3.01. The van der Waals surface area contributed by atoms with E-state index in [0.717, 1.165) is 0 Å². The van der Waals surface area contributed by atoms with Gasteiger partial charge in [0, 0.05) is 0 Å². The Hall–Kier alpha value is -1.61. The van der Waals surface area contributed by atoms with Crippen molar-refractivity contribution in [3.63, 3.8) is 0 Å². The van der Waals surface area contributed by atoms with Crippen molar-refractivity contribution in [1.82, 2.24) is 10.6 Å². The molecule has 0 unspecified atom stereocenters. The van der Waals surface area contributed by atoms with Gasteiger partial charge in [0.05, 0.1) is 24.3 Å². The van der Waals surface area contributed by atoms with Crippen molar-refractivity contribution in [2.24, 2.45) is 11.7 Å². The quantitative estimate of drug-likeness (QED) is 0.341. The molecular formula is C13H23N3O5S. The summed E-state index contributed by atoms with van der Waals surface area (Å²) in [7, 11) is 0. The minimum atomic E-state index is -1.22. The number of nitrogens with two attached hydrogens (primary N) is 1. The molecule has 0 aromatic heterocycles. The Morgan fingerprint density at radius 2 is 1.64 bits per heavy atom. The van der Waals surface area contributed by atoms with Crippen LogP contribution in [0.5, 0.6) is 0 Å². The molecule has 126 valence electrons. The average Bonchev–Trinajstić information content (AvgIpc) is 2.43. The summed E-state index contributed by atoms with van der Waals surface area (Å²) >= 11 is 3.78. The summed E-state index contributed by atoms with van der Waals surface area (Å²) in [5, 5.41) is 13.5. The number of rotatable bonds is 9. The number of carbonyl (C=O) groups excluding carboxylic acids is 3. The van der Waals surface area contributed by atoms with Gasteiger partial charge in [0.2, 0.25) is 11.8 Å². The average molecular weight is 333 g/mol. The monoisotopic (exact) mass is 333 g/mol. The molecule has 0 aromatic carbocycles. The molecule has 0 rings (SSSR count). The molecule has 0 fully saturated rings. The predicted molar refractivity (Wildman–Crippen MR) is 83.5 cm³/mol. The van der Waals surface area contributed by atoms with Gasteiger partial charge in [-0.3, -0.25) is 19.2 Å². The second-order valence-corrected chi connectivity index (χ2v) is 5.60. The molecule has 9 heteroatoms. The molecule has 8 nitrogen and oxygen atoms in total. The van der Waals surface area contributed by atoms with Crippen molar-refractivity contribution >= 4 is 36.2 Å². The second-order valence-electron chi connectivity index (χ2n) is 5.28.